The van der Waals surface area contributed by atoms with E-state index in [9.17, 15) is 19.7 Å². The summed E-state index contributed by atoms with van der Waals surface area (Å²) >= 11 is 0. The molecule has 0 radical (unpaired) electrons. The number of likely N-dealkylation sites (tertiary alicyclic amines) is 1. The van der Waals surface area contributed by atoms with Crippen molar-refractivity contribution in [2.24, 2.45) is 5.16 Å². The first-order valence-electron chi connectivity index (χ1n) is 11.0. The number of nitro groups is 1. The Morgan fingerprint density at radius 3 is 2.41 bits per heavy atom. The lowest BCUT2D eigenvalue weighted by Crippen LogP contribution is -2.44. The minimum absolute atomic E-state index is 0.0193. The van der Waals surface area contributed by atoms with Gasteiger partial charge in [0.15, 0.2) is 14.2 Å². The third-order valence-electron chi connectivity index (χ3n) is 5.76. The van der Waals surface area contributed by atoms with Crippen LogP contribution in [0, 0.1) is 10.1 Å². The van der Waals surface area contributed by atoms with Crippen molar-refractivity contribution in [2.45, 2.75) is 65.0 Å². The summed E-state index contributed by atoms with van der Waals surface area (Å²) in [6, 6.07) is 5.74. The molecule has 1 amide bonds. The zero-order chi connectivity index (χ0) is 25.5. The number of ether oxygens (including phenoxy) is 2. The van der Waals surface area contributed by atoms with E-state index >= 15 is 0 Å². The van der Waals surface area contributed by atoms with Crippen LogP contribution < -0.4 is 0 Å². The number of non-ortho nitro benzene ring substituents is 1. The van der Waals surface area contributed by atoms with E-state index in [0.29, 0.717) is 17.8 Å². The Morgan fingerprint density at radius 1 is 1.21 bits per heavy atom. The molecule has 1 aromatic rings. The summed E-state index contributed by atoms with van der Waals surface area (Å²) in [4.78, 5) is 41.1. The molecule has 1 aliphatic heterocycles. The highest BCUT2D eigenvalue weighted by Crippen LogP contribution is 2.38. The molecule has 188 valence electrons. The zero-order valence-electron chi connectivity index (χ0n) is 20.5. The first kappa shape index (κ1) is 27.3. The highest BCUT2D eigenvalue weighted by atomic mass is 28.4. The molecular weight excluding hydrogens is 462 g/mol. The number of hydrogen-bond donors (Lipinski definition) is 0. The van der Waals surface area contributed by atoms with Crippen molar-refractivity contribution in [3.05, 3.63) is 39.9 Å². The normalized spacial score (nSPS) is 17.5. The van der Waals surface area contributed by atoms with E-state index in [0.717, 1.165) is 0 Å². The van der Waals surface area contributed by atoms with Crippen LogP contribution in [0.15, 0.2) is 29.4 Å². The molecule has 0 aromatic heterocycles. The summed E-state index contributed by atoms with van der Waals surface area (Å²) in [6.45, 7) is 12.3. The molecule has 0 aliphatic carbocycles. The monoisotopic (exact) mass is 495 g/mol. The molecule has 2 rings (SSSR count). The fourth-order valence-corrected chi connectivity index (χ4v) is 4.27. The summed E-state index contributed by atoms with van der Waals surface area (Å²) in [5.74, 6) is -0.270. The number of oxime groups is 1. The van der Waals surface area contributed by atoms with Gasteiger partial charge in [0.05, 0.1) is 24.2 Å². The standard InChI is InChI=1S/C22H33N3O8Si/c1-7-30-20(26)15-32-23-19-12-18(33-34(5,6)22(2,3)4)13-24(19)21(27)31-14-16-8-10-17(11-9-16)25(28)29/h8-11,18H,7,12-15H2,1-6H3/t18-/m1/s1. The topological polar surface area (TPSA) is 130 Å². The van der Waals surface area contributed by atoms with Crippen molar-refractivity contribution < 1.29 is 33.2 Å². The van der Waals surface area contributed by atoms with Gasteiger partial charge in [0.2, 0.25) is 6.61 Å². The lowest BCUT2D eigenvalue weighted by Gasteiger charge is -2.38. The molecule has 0 saturated carbocycles. The number of nitro benzene ring substituents is 1. The molecule has 1 heterocycles. The minimum atomic E-state index is -2.11. The number of hydrogen-bond acceptors (Lipinski definition) is 9. The molecular formula is C22H33N3O8Si. The summed E-state index contributed by atoms with van der Waals surface area (Å²) in [7, 11) is -2.11. The summed E-state index contributed by atoms with van der Waals surface area (Å²) in [6.07, 6.45) is -0.627. The molecule has 0 N–H and O–H groups in total. The minimum Gasteiger partial charge on any atom is -0.463 e. The molecule has 0 spiro atoms. The highest BCUT2D eigenvalue weighted by Gasteiger charge is 2.43. The second kappa shape index (κ2) is 11.4. The largest absolute Gasteiger partial charge is 0.463 e. The van der Waals surface area contributed by atoms with Crippen LogP contribution in [0.3, 0.4) is 0 Å². The molecule has 1 fully saturated rings. The van der Waals surface area contributed by atoms with Gasteiger partial charge in [0, 0.05) is 18.6 Å². The van der Waals surface area contributed by atoms with E-state index in [1.807, 2.05) is 0 Å². The zero-order valence-corrected chi connectivity index (χ0v) is 21.5. The average Bonchev–Trinajstić information content (AvgIpc) is 3.13. The van der Waals surface area contributed by atoms with Crippen molar-refractivity contribution in [1.82, 2.24) is 4.90 Å². The maximum absolute atomic E-state index is 12.8. The Balaban J connectivity index is 2.09. The fraction of sp³-hybridized carbons (Fsp3) is 0.591. The van der Waals surface area contributed by atoms with Crippen molar-refractivity contribution in [3.63, 3.8) is 0 Å². The maximum atomic E-state index is 12.8. The summed E-state index contributed by atoms with van der Waals surface area (Å²) in [5.41, 5.74) is 0.553. The number of benzene rings is 1. The molecule has 0 bridgehead atoms. The van der Waals surface area contributed by atoms with E-state index < -0.39 is 25.3 Å². The fourth-order valence-electron chi connectivity index (χ4n) is 2.93. The Bertz CT molecular complexity index is 912. The van der Waals surface area contributed by atoms with E-state index in [4.69, 9.17) is 18.7 Å². The van der Waals surface area contributed by atoms with Gasteiger partial charge in [-0.05, 0) is 42.8 Å². The Morgan fingerprint density at radius 2 is 1.85 bits per heavy atom. The molecule has 34 heavy (non-hydrogen) atoms. The van der Waals surface area contributed by atoms with Crippen LogP contribution in [0.4, 0.5) is 10.5 Å². The van der Waals surface area contributed by atoms with Crippen molar-refractivity contribution in [2.75, 3.05) is 19.8 Å². The number of esters is 1. The average molecular weight is 496 g/mol. The molecule has 1 saturated heterocycles. The van der Waals surface area contributed by atoms with Crippen molar-refractivity contribution in [1.29, 1.82) is 0 Å². The van der Waals surface area contributed by atoms with Gasteiger partial charge in [0.1, 0.15) is 6.61 Å². The van der Waals surface area contributed by atoms with Gasteiger partial charge < -0.3 is 18.7 Å². The van der Waals surface area contributed by atoms with Gasteiger partial charge >= 0.3 is 12.1 Å². The molecule has 0 unspecified atom stereocenters. The van der Waals surface area contributed by atoms with Crippen LogP contribution in [-0.4, -0.2) is 61.9 Å². The van der Waals surface area contributed by atoms with Crippen molar-refractivity contribution >= 4 is 31.9 Å². The highest BCUT2D eigenvalue weighted by molar-refractivity contribution is 6.74. The smallest absolute Gasteiger partial charge is 0.415 e. The van der Waals surface area contributed by atoms with Crippen LogP contribution in [-0.2, 0) is 30.1 Å². The number of amides is 1. The van der Waals surface area contributed by atoms with Gasteiger partial charge in [-0.25, -0.2) is 9.59 Å². The Kier molecular flexibility index (Phi) is 9.16. The van der Waals surface area contributed by atoms with E-state index in [1.54, 1.807) is 6.92 Å². The Labute approximate surface area is 200 Å². The van der Waals surface area contributed by atoms with Crippen LogP contribution >= 0.6 is 0 Å². The number of nitrogens with zero attached hydrogens (tertiary/aromatic N) is 3. The Hall–Kier alpha value is -2.99. The van der Waals surface area contributed by atoms with Crippen LogP contribution in [0.25, 0.3) is 0 Å². The second-order valence-electron chi connectivity index (χ2n) is 9.38. The summed E-state index contributed by atoms with van der Waals surface area (Å²) < 4.78 is 16.7. The van der Waals surface area contributed by atoms with Crippen LogP contribution in [0.2, 0.25) is 18.1 Å². The van der Waals surface area contributed by atoms with Crippen LogP contribution in [0.1, 0.15) is 39.7 Å². The van der Waals surface area contributed by atoms with Gasteiger partial charge in [-0.2, -0.15) is 0 Å². The molecule has 1 aromatic carbocycles. The quantitative estimate of drug-likeness (QED) is 0.215. The third-order valence-corrected chi connectivity index (χ3v) is 10.3. The van der Waals surface area contributed by atoms with E-state index in [-0.39, 0.29) is 43.2 Å². The molecule has 1 atom stereocenters. The third kappa shape index (κ3) is 7.52. The van der Waals surface area contributed by atoms with E-state index in [1.165, 1.54) is 29.2 Å². The predicted octanol–water partition coefficient (Wildman–Crippen LogP) is 4.22. The molecule has 1 aliphatic rings. The van der Waals surface area contributed by atoms with Gasteiger partial charge in [-0.3, -0.25) is 15.0 Å². The van der Waals surface area contributed by atoms with Crippen LogP contribution in [0.5, 0.6) is 0 Å². The lowest BCUT2D eigenvalue weighted by molar-refractivity contribution is -0.384. The number of rotatable bonds is 9. The van der Waals surface area contributed by atoms with Gasteiger partial charge in [-0.15, -0.1) is 0 Å². The number of amidine groups is 1. The second-order valence-corrected chi connectivity index (χ2v) is 14.1. The number of carbonyl (C=O) groups is 2. The predicted molar refractivity (Wildman–Crippen MR) is 127 cm³/mol. The van der Waals surface area contributed by atoms with Gasteiger partial charge in [0.25, 0.3) is 5.69 Å². The van der Waals surface area contributed by atoms with Crippen molar-refractivity contribution in [3.8, 4) is 0 Å². The first-order valence-corrected chi connectivity index (χ1v) is 13.9. The first-order chi connectivity index (χ1) is 15.8. The maximum Gasteiger partial charge on any atom is 0.415 e. The lowest BCUT2D eigenvalue weighted by atomic mass is 10.2. The number of carbonyl (C=O) groups excluding carboxylic acids is 2. The SMILES string of the molecule is CCOC(=O)CON=C1C[C@@H](O[Si](C)(C)C(C)(C)C)CN1C(=O)OCc1ccc([N+](=O)[O-])cc1. The van der Waals surface area contributed by atoms with Gasteiger partial charge in [-0.1, -0.05) is 25.9 Å². The molecule has 12 heteroatoms. The van der Waals surface area contributed by atoms with E-state index in [2.05, 4.69) is 39.0 Å². The summed E-state index contributed by atoms with van der Waals surface area (Å²) in [5, 5.41) is 14.8. The molecule has 11 nitrogen and oxygen atoms in total.